The van der Waals surface area contributed by atoms with E-state index in [9.17, 15) is 0 Å². The summed E-state index contributed by atoms with van der Waals surface area (Å²) < 4.78 is 4.58. The van der Waals surface area contributed by atoms with Crippen molar-refractivity contribution in [1.29, 1.82) is 0 Å². The maximum atomic E-state index is 2.35. The van der Waals surface area contributed by atoms with Crippen molar-refractivity contribution in [2.75, 3.05) is 0 Å². The van der Waals surface area contributed by atoms with Crippen LogP contribution in [0, 0.1) is 41.5 Å². The van der Waals surface area contributed by atoms with E-state index in [0.29, 0.717) is 0 Å². The van der Waals surface area contributed by atoms with Gasteiger partial charge in [0.05, 0.1) is 0 Å². The van der Waals surface area contributed by atoms with Gasteiger partial charge < -0.3 is 4.40 Å². The Balaban J connectivity index is 2.04. The Morgan fingerprint density at radius 2 is 1.46 bits per heavy atom. The lowest BCUT2D eigenvalue weighted by Crippen LogP contribution is -2.31. The first-order valence-electron chi connectivity index (χ1n) is 9.27. The van der Waals surface area contributed by atoms with Gasteiger partial charge in [0.25, 0.3) is 0 Å². The molecule has 3 heterocycles. The predicted molar refractivity (Wildman–Crippen MR) is 110 cm³/mol. The number of hydrogen-bond donors (Lipinski definition) is 0. The van der Waals surface area contributed by atoms with Crippen molar-refractivity contribution >= 4 is 16.3 Å². The van der Waals surface area contributed by atoms with E-state index in [1.54, 1.807) is 0 Å². The highest BCUT2D eigenvalue weighted by Gasteiger charge is 2.16. The zero-order chi connectivity index (χ0) is 18.7. The van der Waals surface area contributed by atoms with E-state index in [-0.39, 0.29) is 0 Å². The molecule has 2 nitrogen and oxygen atoms in total. The fourth-order valence-corrected chi connectivity index (χ4v) is 4.05. The van der Waals surface area contributed by atoms with E-state index in [4.69, 9.17) is 0 Å². The molecule has 3 aromatic heterocycles. The van der Waals surface area contributed by atoms with Gasteiger partial charge in [0, 0.05) is 34.6 Å². The van der Waals surface area contributed by atoms with Crippen molar-refractivity contribution in [2.45, 2.75) is 41.5 Å². The number of aryl methyl sites for hydroxylation is 6. The molecule has 0 amide bonds. The minimum Gasteiger partial charge on any atom is -0.320 e. The SMILES string of the molecule is Cc1cc(-c2cc3cn4c(C)c(C)c(C)c4cc3cc2C)[n+](C)cc1C. The van der Waals surface area contributed by atoms with Crippen LogP contribution in [0.1, 0.15) is 33.5 Å². The molecule has 0 aliphatic carbocycles. The quantitative estimate of drug-likeness (QED) is 0.407. The summed E-state index contributed by atoms with van der Waals surface area (Å²) >= 11 is 0. The monoisotopic (exact) mass is 343 g/mol. The topological polar surface area (TPSA) is 8.29 Å². The molecule has 0 aliphatic heterocycles. The Labute approximate surface area is 155 Å². The first-order valence-corrected chi connectivity index (χ1v) is 9.27. The molecule has 0 radical (unpaired) electrons. The standard InChI is InChI=1S/C24H27N2/c1-14-9-24(25(7)12-16(14)3)22-10-21-13-26-19(6)17(4)18(5)23(26)11-20(21)8-15(22)2/h8-13H,1-7H3/q+1. The lowest BCUT2D eigenvalue weighted by molar-refractivity contribution is -0.660. The molecule has 26 heavy (non-hydrogen) atoms. The molecule has 2 heteroatoms. The third kappa shape index (κ3) is 2.36. The van der Waals surface area contributed by atoms with Crippen molar-refractivity contribution in [1.82, 2.24) is 4.40 Å². The van der Waals surface area contributed by atoms with Gasteiger partial charge in [-0.05, 0) is 86.7 Å². The Hall–Kier alpha value is -2.61. The van der Waals surface area contributed by atoms with Gasteiger partial charge in [0.1, 0.15) is 7.05 Å². The highest BCUT2D eigenvalue weighted by Crippen LogP contribution is 2.31. The smallest absolute Gasteiger partial charge is 0.212 e. The van der Waals surface area contributed by atoms with E-state index in [1.165, 1.54) is 61.1 Å². The van der Waals surface area contributed by atoms with Crippen molar-refractivity contribution < 1.29 is 4.57 Å². The number of aromatic nitrogens is 2. The molecular weight excluding hydrogens is 316 g/mol. The third-order valence-electron chi connectivity index (χ3n) is 6.12. The number of benzene rings is 1. The van der Waals surface area contributed by atoms with E-state index in [1.807, 2.05) is 0 Å². The third-order valence-corrected chi connectivity index (χ3v) is 6.12. The number of hydrogen-bond acceptors (Lipinski definition) is 0. The average molecular weight is 343 g/mol. The summed E-state index contributed by atoms with van der Waals surface area (Å²) in [5, 5.41) is 2.60. The fraction of sp³-hybridized carbons (Fsp3) is 0.292. The predicted octanol–water partition coefficient (Wildman–Crippen LogP) is 5.43. The average Bonchev–Trinajstić information content (AvgIpc) is 2.80. The van der Waals surface area contributed by atoms with Gasteiger partial charge >= 0.3 is 0 Å². The molecule has 4 rings (SSSR count). The fourth-order valence-electron chi connectivity index (χ4n) is 4.05. The van der Waals surface area contributed by atoms with Gasteiger partial charge in [-0.2, -0.15) is 0 Å². The van der Waals surface area contributed by atoms with E-state index in [0.717, 1.165) is 0 Å². The Morgan fingerprint density at radius 1 is 0.731 bits per heavy atom. The Morgan fingerprint density at radius 3 is 2.19 bits per heavy atom. The van der Waals surface area contributed by atoms with Crippen LogP contribution in [-0.2, 0) is 7.05 Å². The molecule has 0 saturated carbocycles. The molecule has 0 fully saturated rings. The molecule has 0 saturated heterocycles. The van der Waals surface area contributed by atoms with Crippen LogP contribution >= 0.6 is 0 Å². The maximum absolute atomic E-state index is 2.35. The van der Waals surface area contributed by atoms with Crippen LogP contribution < -0.4 is 4.57 Å². The summed E-state index contributed by atoms with van der Waals surface area (Å²) in [5.41, 5.74) is 12.0. The number of rotatable bonds is 1. The first-order chi connectivity index (χ1) is 12.3. The number of fused-ring (bicyclic) bond motifs is 2. The normalized spacial score (nSPS) is 11.7. The summed E-state index contributed by atoms with van der Waals surface area (Å²) in [6.45, 7) is 13.2. The Bertz CT molecular complexity index is 1190. The van der Waals surface area contributed by atoms with Gasteiger partial charge in [-0.25, -0.2) is 4.57 Å². The van der Waals surface area contributed by atoms with Crippen LogP contribution in [-0.4, -0.2) is 4.40 Å². The summed E-state index contributed by atoms with van der Waals surface area (Å²) in [4.78, 5) is 0. The molecular formula is C24H27N2+. The molecule has 0 atom stereocenters. The summed E-state index contributed by atoms with van der Waals surface area (Å²) in [5.74, 6) is 0. The van der Waals surface area contributed by atoms with Crippen molar-refractivity contribution in [3.05, 3.63) is 70.2 Å². The minimum absolute atomic E-state index is 1.27. The van der Waals surface area contributed by atoms with Crippen LogP contribution in [0.5, 0.6) is 0 Å². The van der Waals surface area contributed by atoms with Gasteiger partial charge in [0.2, 0.25) is 5.69 Å². The van der Waals surface area contributed by atoms with Gasteiger partial charge in [-0.3, -0.25) is 0 Å². The summed E-state index contributed by atoms with van der Waals surface area (Å²) in [6.07, 6.45) is 4.52. The molecule has 0 unspecified atom stereocenters. The van der Waals surface area contributed by atoms with E-state index >= 15 is 0 Å². The molecule has 0 N–H and O–H groups in total. The zero-order valence-corrected chi connectivity index (χ0v) is 16.9. The molecule has 0 bridgehead atoms. The molecule has 0 spiro atoms. The zero-order valence-electron chi connectivity index (χ0n) is 16.9. The van der Waals surface area contributed by atoms with Crippen LogP contribution in [0.2, 0.25) is 0 Å². The second-order valence-electron chi connectivity index (χ2n) is 7.80. The second kappa shape index (κ2) is 5.70. The van der Waals surface area contributed by atoms with Crippen molar-refractivity contribution in [3.63, 3.8) is 0 Å². The Kier molecular flexibility index (Phi) is 3.69. The summed E-state index contributed by atoms with van der Waals surface area (Å²) in [7, 11) is 2.14. The van der Waals surface area contributed by atoms with Crippen molar-refractivity contribution in [2.24, 2.45) is 7.05 Å². The lowest BCUT2D eigenvalue weighted by Gasteiger charge is -2.10. The van der Waals surface area contributed by atoms with Crippen LogP contribution in [0.4, 0.5) is 0 Å². The van der Waals surface area contributed by atoms with E-state index < -0.39 is 0 Å². The van der Waals surface area contributed by atoms with E-state index in [2.05, 4.69) is 94.2 Å². The molecule has 0 aliphatic rings. The largest absolute Gasteiger partial charge is 0.320 e. The first kappa shape index (κ1) is 16.8. The minimum atomic E-state index is 1.27. The highest BCUT2D eigenvalue weighted by atomic mass is 14.9. The number of pyridine rings is 2. The maximum Gasteiger partial charge on any atom is 0.212 e. The number of nitrogens with zero attached hydrogens (tertiary/aromatic N) is 2. The summed E-state index contributed by atoms with van der Waals surface area (Å²) in [6, 6.07) is 9.31. The molecule has 132 valence electrons. The van der Waals surface area contributed by atoms with Gasteiger partial charge in [0.15, 0.2) is 6.20 Å². The van der Waals surface area contributed by atoms with Crippen molar-refractivity contribution in [3.8, 4) is 11.3 Å². The highest BCUT2D eigenvalue weighted by molar-refractivity contribution is 5.91. The van der Waals surface area contributed by atoms with Crippen LogP contribution in [0.15, 0.2) is 36.7 Å². The lowest BCUT2D eigenvalue weighted by atomic mass is 9.98. The second-order valence-corrected chi connectivity index (χ2v) is 7.80. The van der Waals surface area contributed by atoms with Gasteiger partial charge in [-0.1, -0.05) is 6.07 Å². The van der Waals surface area contributed by atoms with Crippen LogP contribution in [0.3, 0.4) is 0 Å². The van der Waals surface area contributed by atoms with Crippen LogP contribution in [0.25, 0.3) is 27.5 Å². The van der Waals surface area contributed by atoms with Gasteiger partial charge in [-0.15, -0.1) is 0 Å². The molecule has 4 aromatic rings. The molecule has 1 aromatic carbocycles.